The van der Waals surface area contributed by atoms with Gasteiger partial charge in [-0.3, -0.25) is 10.2 Å². The first-order valence-corrected chi connectivity index (χ1v) is 6.96. The summed E-state index contributed by atoms with van der Waals surface area (Å²) in [6.45, 7) is 13.2. The van der Waals surface area contributed by atoms with E-state index in [-0.39, 0.29) is 12.2 Å². The highest BCUT2D eigenvalue weighted by molar-refractivity contribution is 5.05. The van der Waals surface area contributed by atoms with Crippen LogP contribution >= 0.6 is 0 Å². The number of nitriles is 1. The summed E-state index contributed by atoms with van der Waals surface area (Å²) in [5, 5.41) is 12.6. The summed E-state index contributed by atoms with van der Waals surface area (Å²) >= 11 is 0. The van der Waals surface area contributed by atoms with Gasteiger partial charge in [0.05, 0.1) is 18.3 Å². The van der Waals surface area contributed by atoms with Crippen molar-refractivity contribution in [1.29, 1.82) is 5.26 Å². The zero-order chi connectivity index (χ0) is 13.8. The van der Waals surface area contributed by atoms with Crippen molar-refractivity contribution in [2.24, 2.45) is 0 Å². The molecule has 0 bridgehead atoms. The first kappa shape index (κ1) is 15.4. The summed E-state index contributed by atoms with van der Waals surface area (Å²) in [5.74, 6) is 0. The van der Waals surface area contributed by atoms with Crippen molar-refractivity contribution in [3.63, 3.8) is 0 Å². The summed E-state index contributed by atoms with van der Waals surface area (Å²) < 4.78 is 5.75. The van der Waals surface area contributed by atoms with Crippen molar-refractivity contribution in [3.8, 4) is 6.07 Å². The van der Waals surface area contributed by atoms with Crippen LogP contribution in [0.4, 0.5) is 0 Å². The summed E-state index contributed by atoms with van der Waals surface area (Å²) in [4.78, 5) is 2.44. The van der Waals surface area contributed by atoms with Gasteiger partial charge < -0.3 is 4.74 Å². The molecule has 0 aromatic heterocycles. The van der Waals surface area contributed by atoms with Crippen LogP contribution in [-0.4, -0.2) is 48.3 Å². The summed E-state index contributed by atoms with van der Waals surface area (Å²) in [7, 11) is 0. The van der Waals surface area contributed by atoms with Gasteiger partial charge in [-0.2, -0.15) is 5.26 Å². The van der Waals surface area contributed by atoms with E-state index >= 15 is 0 Å². The first-order valence-electron chi connectivity index (χ1n) is 6.96. The number of ether oxygens (including phenoxy) is 1. The van der Waals surface area contributed by atoms with E-state index in [1.165, 1.54) is 0 Å². The Bertz CT molecular complexity index is 292. The minimum Gasteiger partial charge on any atom is -0.373 e. The predicted molar refractivity (Wildman–Crippen MR) is 73.4 cm³/mol. The number of nitrogens with one attached hydrogen (secondary N) is 1. The Balaban J connectivity index is 2.58. The molecule has 18 heavy (non-hydrogen) atoms. The van der Waals surface area contributed by atoms with Crippen LogP contribution in [0.2, 0.25) is 0 Å². The van der Waals surface area contributed by atoms with E-state index in [9.17, 15) is 5.26 Å². The van der Waals surface area contributed by atoms with Gasteiger partial charge in [0.25, 0.3) is 0 Å². The lowest BCUT2D eigenvalue weighted by Crippen LogP contribution is -2.53. The lowest BCUT2D eigenvalue weighted by atomic mass is 9.94. The number of morpholine rings is 1. The second-order valence-corrected chi connectivity index (χ2v) is 5.74. The largest absolute Gasteiger partial charge is 0.373 e. The highest BCUT2D eigenvalue weighted by atomic mass is 16.5. The molecule has 0 saturated carbocycles. The van der Waals surface area contributed by atoms with Crippen LogP contribution in [0.15, 0.2) is 0 Å². The van der Waals surface area contributed by atoms with E-state index in [1.807, 2.05) is 13.8 Å². The molecule has 104 valence electrons. The zero-order valence-electron chi connectivity index (χ0n) is 12.4. The number of hydrogen-bond acceptors (Lipinski definition) is 4. The van der Waals surface area contributed by atoms with Gasteiger partial charge in [-0.1, -0.05) is 6.92 Å². The molecule has 0 amide bonds. The third-order valence-electron chi connectivity index (χ3n) is 3.59. The van der Waals surface area contributed by atoms with E-state index in [4.69, 9.17) is 4.74 Å². The van der Waals surface area contributed by atoms with Crippen LogP contribution in [0.3, 0.4) is 0 Å². The Morgan fingerprint density at radius 3 is 2.44 bits per heavy atom. The maximum Gasteiger partial charge on any atom is 0.105 e. The maximum atomic E-state index is 9.31. The lowest BCUT2D eigenvalue weighted by Gasteiger charge is -2.40. The Kier molecular flexibility index (Phi) is 5.58. The first-order chi connectivity index (χ1) is 8.40. The van der Waals surface area contributed by atoms with Gasteiger partial charge >= 0.3 is 0 Å². The van der Waals surface area contributed by atoms with Crippen molar-refractivity contribution in [2.75, 3.05) is 19.6 Å². The molecular weight excluding hydrogens is 226 g/mol. The van der Waals surface area contributed by atoms with Crippen LogP contribution in [0.25, 0.3) is 0 Å². The van der Waals surface area contributed by atoms with Crippen LogP contribution in [-0.2, 0) is 4.74 Å². The molecule has 1 N–H and O–H groups in total. The van der Waals surface area contributed by atoms with Gasteiger partial charge in [0, 0.05) is 19.1 Å². The molecule has 1 heterocycles. The van der Waals surface area contributed by atoms with E-state index in [0.29, 0.717) is 6.04 Å². The monoisotopic (exact) mass is 253 g/mol. The second kappa shape index (κ2) is 6.51. The lowest BCUT2D eigenvalue weighted by molar-refractivity contribution is -0.0805. The minimum absolute atomic E-state index is 0.281. The average molecular weight is 253 g/mol. The predicted octanol–water partition coefficient (Wildman–Crippen LogP) is 1.77. The van der Waals surface area contributed by atoms with Gasteiger partial charge in [0.15, 0.2) is 0 Å². The molecule has 0 spiro atoms. The maximum absolute atomic E-state index is 9.31. The van der Waals surface area contributed by atoms with Crippen LogP contribution in [0.5, 0.6) is 0 Å². The smallest absolute Gasteiger partial charge is 0.105 e. The van der Waals surface area contributed by atoms with E-state index < -0.39 is 5.54 Å². The molecule has 4 heteroatoms. The molecule has 1 aliphatic rings. The summed E-state index contributed by atoms with van der Waals surface area (Å²) in [6.07, 6.45) is 1.41. The van der Waals surface area contributed by atoms with Crippen molar-refractivity contribution in [3.05, 3.63) is 0 Å². The van der Waals surface area contributed by atoms with Crippen molar-refractivity contribution < 1.29 is 4.74 Å². The van der Waals surface area contributed by atoms with Crippen molar-refractivity contribution in [2.45, 2.75) is 64.8 Å². The van der Waals surface area contributed by atoms with Crippen molar-refractivity contribution >= 4 is 0 Å². The second-order valence-electron chi connectivity index (χ2n) is 5.74. The van der Waals surface area contributed by atoms with Gasteiger partial charge in [-0.05, 0) is 40.7 Å². The summed E-state index contributed by atoms with van der Waals surface area (Å²) in [5.41, 5.74) is -0.432. The third kappa shape index (κ3) is 4.24. The summed E-state index contributed by atoms with van der Waals surface area (Å²) in [6, 6.07) is 2.79. The minimum atomic E-state index is -0.432. The van der Waals surface area contributed by atoms with Crippen LogP contribution in [0.1, 0.15) is 41.0 Å². The molecule has 4 atom stereocenters. The Hall–Kier alpha value is -0.630. The standard InChI is InChI=1S/C14H27N3O/c1-6-16-14(5,10-15)7-11(2)17-8-12(3)18-13(4)9-17/h11-13,16H,6-9H2,1-5H3/t11?,12-,13+,14?. The number of rotatable bonds is 5. The molecule has 0 aromatic carbocycles. The quantitative estimate of drug-likeness (QED) is 0.811. The average Bonchev–Trinajstić information content (AvgIpc) is 2.28. The zero-order valence-corrected chi connectivity index (χ0v) is 12.4. The molecule has 0 radical (unpaired) electrons. The van der Waals surface area contributed by atoms with Gasteiger partial charge in [0.1, 0.15) is 5.54 Å². The fourth-order valence-corrected chi connectivity index (χ4v) is 2.84. The molecule has 4 nitrogen and oxygen atoms in total. The molecular formula is C14H27N3O. The fourth-order valence-electron chi connectivity index (χ4n) is 2.84. The highest BCUT2D eigenvalue weighted by Crippen LogP contribution is 2.20. The van der Waals surface area contributed by atoms with E-state index in [0.717, 1.165) is 26.1 Å². The van der Waals surface area contributed by atoms with Crippen LogP contribution in [0, 0.1) is 11.3 Å². The molecule has 1 fully saturated rings. The van der Waals surface area contributed by atoms with Gasteiger partial charge in [-0.15, -0.1) is 0 Å². The van der Waals surface area contributed by atoms with Crippen LogP contribution < -0.4 is 5.32 Å². The Morgan fingerprint density at radius 1 is 1.44 bits per heavy atom. The molecule has 0 aliphatic carbocycles. The Labute approximate surface area is 111 Å². The molecule has 0 aromatic rings. The van der Waals surface area contributed by atoms with E-state index in [1.54, 1.807) is 0 Å². The number of nitrogens with zero attached hydrogens (tertiary/aromatic N) is 2. The van der Waals surface area contributed by atoms with Gasteiger partial charge in [0.2, 0.25) is 0 Å². The number of hydrogen-bond donors (Lipinski definition) is 1. The molecule has 2 unspecified atom stereocenters. The SMILES string of the molecule is CCNC(C)(C#N)CC(C)N1C[C@@H](C)O[C@@H](C)C1. The van der Waals surface area contributed by atoms with Gasteiger partial charge in [-0.25, -0.2) is 0 Å². The molecule has 1 saturated heterocycles. The van der Waals surface area contributed by atoms with Crippen molar-refractivity contribution in [1.82, 2.24) is 10.2 Å². The topological polar surface area (TPSA) is 48.3 Å². The molecule has 1 rings (SSSR count). The molecule has 1 aliphatic heterocycles. The highest BCUT2D eigenvalue weighted by Gasteiger charge is 2.31. The Morgan fingerprint density at radius 2 is 2.00 bits per heavy atom. The van der Waals surface area contributed by atoms with E-state index in [2.05, 4.69) is 37.1 Å². The fraction of sp³-hybridized carbons (Fsp3) is 0.929. The third-order valence-corrected chi connectivity index (χ3v) is 3.59. The normalized spacial score (nSPS) is 30.4.